The Morgan fingerprint density at radius 2 is 1.91 bits per heavy atom. The maximum absolute atomic E-state index is 9.53. The molecule has 3 N–H and O–H groups in total. The third-order valence-corrected chi connectivity index (χ3v) is 5.21. The predicted octanol–water partition coefficient (Wildman–Crippen LogP) is 0.570. The minimum atomic E-state index is 0. The number of anilines is 1. The zero-order chi connectivity index (χ0) is 21.6. The summed E-state index contributed by atoms with van der Waals surface area (Å²) in [6, 6.07) is 15.5. The van der Waals surface area contributed by atoms with E-state index in [-0.39, 0.29) is 12.4 Å². The molecule has 0 aliphatic heterocycles. The van der Waals surface area contributed by atoms with E-state index in [0.717, 1.165) is 27.6 Å². The Bertz CT molecular complexity index is 1260. The van der Waals surface area contributed by atoms with Crippen LogP contribution in [0.3, 0.4) is 0 Å². The summed E-state index contributed by atoms with van der Waals surface area (Å²) in [7, 11) is 1.59. The molecule has 0 spiro atoms. The molecule has 4 aromatic rings. The molecular formula is C23H20Cl2N6O. The summed E-state index contributed by atoms with van der Waals surface area (Å²) in [5.41, 5.74) is 3.51. The quantitative estimate of drug-likeness (QED) is 0.412. The maximum atomic E-state index is 9.53. The Hall–Kier alpha value is -3.44. The van der Waals surface area contributed by atoms with E-state index in [1.807, 2.05) is 47.8 Å². The van der Waals surface area contributed by atoms with Crippen molar-refractivity contribution in [2.75, 3.05) is 12.4 Å². The Kier molecular flexibility index (Phi) is 7.79. The van der Waals surface area contributed by atoms with Gasteiger partial charge in [-0.3, -0.25) is 10.3 Å². The maximum Gasteiger partial charge on any atom is 0.252 e. The average Bonchev–Trinajstić information content (AvgIpc) is 2.81. The first-order chi connectivity index (χ1) is 15.2. The third-order valence-electron chi connectivity index (χ3n) is 4.92. The van der Waals surface area contributed by atoms with E-state index in [0.29, 0.717) is 35.2 Å². The molecule has 7 nitrogen and oxygen atoms in total. The van der Waals surface area contributed by atoms with Crippen molar-refractivity contribution in [1.82, 2.24) is 15.2 Å². The second-order valence-electron chi connectivity index (χ2n) is 6.91. The van der Waals surface area contributed by atoms with E-state index in [1.165, 1.54) is 0 Å². The number of fused-ring (bicyclic) bond motifs is 1. The van der Waals surface area contributed by atoms with Gasteiger partial charge in [-0.25, -0.2) is 0 Å². The number of ether oxygens (including phenoxy) is 1. The Morgan fingerprint density at radius 1 is 1.09 bits per heavy atom. The second-order valence-corrected chi connectivity index (χ2v) is 7.32. The molecular weight excluding hydrogens is 447 g/mol. The first-order valence-electron chi connectivity index (χ1n) is 9.66. The number of nitrogens with one attached hydrogen (secondary N) is 1. The molecule has 0 bridgehead atoms. The van der Waals surface area contributed by atoms with Crippen LogP contribution in [-0.4, -0.2) is 22.3 Å². The number of pyridine rings is 1. The van der Waals surface area contributed by atoms with Crippen LogP contribution in [0.4, 0.5) is 11.5 Å². The van der Waals surface area contributed by atoms with Gasteiger partial charge in [0.1, 0.15) is 12.3 Å². The lowest BCUT2D eigenvalue weighted by molar-refractivity contribution is -0.591. The molecule has 2 aromatic carbocycles. The van der Waals surface area contributed by atoms with Crippen molar-refractivity contribution in [2.24, 2.45) is 0 Å². The van der Waals surface area contributed by atoms with E-state index in [2.05, 4.69) is 26.6 Å². The molecule has 0 radical (unpaired) electrons. The standard InChI is InChI=1S/C23H19ClN6O.ClH/c1-31-22-3-2-16(9-20(22)24)13-28-23-18-8-17(11-25)10-21(19(18)14-29-30-23)27-12-15-4-6-26-7-5-15;/h2-10,14,27H,12-13H2,1H3,(H,28,30);1H. The van der Waals surface area contributed by atoms with Crippen LogP contribution < -0.4 is 27.8 Å². The molecule has 0 unspecified atom stereocenters. The third kappa shape index (κ3) is 5.24. The number of nitrogens with two attached hydrogens (primary N) is 1. The fraction of sp³-hybridized carbons (Fsp3) is 0.130. The highest BCUT2D eigenvalue weighted by Crippen LogP contribution is 2.28. The Morgan fingerprint density at radius 3 is 2.62 bits per heavy atom. The average molecular weight is 467 g/mol. The number of quaternary nitrogens is 1. The zero-order valence-corrected chi connectivity index (χ0v) is 18.7. The highest BCUT2D eigenvalue weighted by molar-refractivity contribution is 6.32. The summed E-state index contributed by atoms with van der Waals surface area (Å²) in [6.07, 6.45) is 5.22. The number of hydrogen-bond donors (Lipinski definition) is 2. The van der Waals surface area contributed by atoms with Crippen molar-refractivity contribution in [1.29, 1.82) is 5.26 Å². The zero-order valence-electron chi connectivity index (χ0n) is 17.2. The van der Waals surface area contributed by atoms with Crippen LogP contribution in [0.25, 0.3) is 10.8 Å². The van der Waals surface area contributed by atoms with Gasteiger partial charge in [-0.15, -0.1) is 0 Å². The van der Waals surface area contributed by atoms with E-state index in [1.54, 1.807) is 25.7 Å². The lowest BCUT2D eigenvalue weighted by Gasteiger charge is -2.11. The second kappa shape index (κ2) is 10.7. The van der Waals surface area contributed by atoms with Gasteiger partial charge in [-0.05, 0) is 48.0 Å². The van der Waals surface area contributed by atoms with Gasteiger partial charge < -0.3 is 22.5 Å². The van der Waals surface area contributed by atoms with Crippen molar-refractivity contribution in [3.8, 4) is 11.8 Å². The van der Waals surface area contributed by atoms with Crippen LogP contribution in [0.1, 0.15) is 16.7 Å². The van der Waals surface area contributed by atoms with Gasteiger partial charge in [0.25, 0.3) is 5.82 Å². The van der Waals surface area contributed by atoms with Crippen LogP contribution in [0.15, 0.2) is 61.1 Å². The smallest absolute Gasteiger partial charge is 0.252 e. The van der Waals surface area contributed by atoms with Gasteiger partial charge in [0.05, 0.1) is 35.3 Å². The predicted molar refractivity (Wildman–Crippen MR) is 119 cm³/mol. The first kappa shape index (κ1) is 23.2. The van der Waals surface area contributed by atoms with E-state index in [4.69, 9.17) is 16.3 Å². The van der Waals surface area contributed by atoms with Gasteiger partial charge in [0.2, 0.25) is 0 Å². The Balaban J connectivity index is 0.00000289. The topological polar surface area (TPSA) is 100 Å². The minimum Gasteiger partial charge on any atom is -1.00 e. The van der Waals surface area contributed by atoms with Gasteiger partial charge in [-0.1, -0.05) is 16.7 Å². The lowest BCUT2D eigenvalue weighted by atomic mass is 10.1. The molecule has 2 aromatic heterocycles. The number of halogens is 2. The highest BCUT2D eigenvalue weighted by atomic mass is 35.5. The van der Waals surface area contributed by atoms with E-state index >= 15 is 0 Å². The highest BCUT2D eigenvalue weighted by Gasteiger charge is 2.13. The van der Waals surface area contributed by atoms with Crippen LogP contribution in [0, 0.1) is 11.3 Å². The van der Waals surface area contributed by atoms with Crippen molar-refractivity contribution in [3.05, 3.63) is 82.8 Å². The largest absolute Gasteiger partial charge is 1.00 e. The first-order valence-corrected chi connectivity index (χ1v) is 10.0. The van der Waals surface area contributed by atoms with Crippen LogP contribution in [0.2, 0.25) is 5.02 Å². The van der Waals surface area contributed by atoms with Gasteiger partial charge in [0.15, 0.2) is 0 Å². The molecule has 0 amide bonds. The molecule has 0 saturated carbocycles. The summed E-state index contributed by atoms with van der Waals surface area (Å²) < 4.78 is 5.21. The normalized spacial score (nSPS) is 10.3. The minimum absolute atomic E-state index is 0. The fourth-order valence-corrected chi connectivity index (χ4v) is 3.60. The van der Waals surface area contributed by atoms with E-state index < -0.39 is 0 Å². The lowest BCUT2D eigenvalue weighted by Crippen LogP contribution is -3.00. The Labute approximate surface area is 196 Å². The molecule has 0 atom stereocenters. The van der Waals surface area contributed by atoms with Gasteiger partial charge in [0, 0.05) is 35.6 Å². The molecule has 0 aliphatic carbocycles. The summed E-state index contributed by atoms with van der Waals surface area (Å²) in [4.78, 5) is 4.04. The van der Waals surface area contributed by atoms with Crippen molar-refractivity contribution < 1.29 is 22.5 Å². The number of rotatable bonds is 7. The monoisotopic (exact) mass is 466 g/mol. The molecule has 0 fully saturated rings. The number of benzene rings is 2. The summed E-state index contributed by atoms with van der Waals surface area (Å²) in [5, 5.41) is 25.7. The number of aromatic nitrogens is 3. The van der Waals surface area contributed by atoms with Gasteiger partial charge >= 0.3 is 0 Å². The fourth-order valence-electron chi connectivity index (χ4n) is 3.32. The number of hydrogen-bond acceptors (Lipinski definition) is 6. The molecule has 162 valence electrons. The number of methoxy groups -OCH3 is 1. The molecule has 32 heavy (non-hydrogen) atoms. The number of nitriles is 1. The summed E-state index contributed by atoms with van der Waals surface area (Å²) in [6.45, 7) is 1.23. The summed E-state index contributed by atoms with van der Waals surface area (Å²) >= 11 is 6.24. The van der Waals surface area contributed by atoms with Crippen molar-refractivity contribution >= 4 is 33.9 Å². The molecule has 9 heteroatoms. The van der Waals surface area contributed by atoms with Crippen LogP contribution in [-0.2, 0) is 13.1 Å². The molecule has 0 aliphatic rings. The van der Waals surface area contributed by atoms with Crippen molar-refractivity contribution in [2.45, 2.75) is 13.1 Å². The van der Waals surface area contributed by atoms with Crippen LogP contribution >= 0.6 is 11.6 Å². The van der Waals surface area contributed by atoms with Crippen molar-refractivity contribution in [3.63, 3.8) is 0 Å². The summed E-state index contributed by atoms with van der Waals surface area (Å²) in [5.74, 6) is 1.35. The molecule has 2 heterocycles. The van der Waals surface area contributed by atoms with Gasteiger partial charge in [-0.2, -0.15) is 10.4 Å². The van der Waals surface area contributed by atoms with E-state index in [9.17, 15) is 5.26 Å². The molecule has 4 rings (SSSR count). The SMILES string of the molecule is COc1ccc(C[NH2+]c2nncc3c(NCc4ccncc4)cc(C#N)cc23)cc1Cl.[Cl-]. The number of nitrogens with zero attached hydrogens (tertiary/aromatic N) is 4. The van der Waals surface area contributed by atoms with Crippen LogP contribution in [0.5, 0.6) is 5.75 Å². The molecule has 0 saturated heterocycles.